The Morgan fingerprint density at radius 1 is 1.14 bits per heavy atom. The first kappa shape index (κ1) is 25.2. The molecule has 7 heteroatoms. The third-order valence-corrected chi connectivity index (χ3v) is 7.53. The van der Waals surface area contributed by atoms with Crippen LogP contribution in [0.4, 0.5) is 10.1 Å². The predicted molar refractivity (Wildman–Crippen MR) is 131 cm³/mol. The van der Waals surface area contributed by atoms with Crippen LogP contribution in [0.15, 0.2) is 42.5 Å². The maximum Gasteiger partial charge on any atom is 0.309 e. The van der Waals surface area contributed by atoms with E-state index in [4.69, 9.17) is 14.2 Å². The maximum absolute atomic E-state index is 13.7. The average Bonchev–Trinajstić information content (AvgIpc) is 3.43. The van der Waals surface area contributed by atoms with Crippen LogP contribution in [-0.2, 0) is 19.1 Å². The standard InChI is InChI=1S/C28H34FNO5/c1-17(2)30(18(3)31)22-10-11-25(33-4)24(14-22)20-15-28(35-16-20)13-12-23(27(32)34-5)26(28)19-6-8-21(29)9-7-19/h6-11,14,17,20,23,26H,12-13,15-16H2,1-5H3/t20-,23+,26-,28-/m1/s1. The van der Waals surface area contributed by atoms with E-state index in [9.17, 15) is 14.0 Å². The topological polar surface area (TPSA) is 65.1 Å². The van der Waals surface area contributed by atoms with Gasteiger partial charge in [-0.1, -0.05) is 12.1 Å². The normalized spacial score (nSPS) is 25.7. The highest BCUT2D eigenvalue weighted by atomic mass is 19.1. The van der Waals surface area contributed by atoms with E-state index >= 15 is 0 Å². The van der Waals surface area contributed by atoms with Crippen LogP contribution in [-0.4, -0.2) is 44.3 Å². The van der Waals surface area contributed by atoms with Crippen molar-refractivity contribution in [2.45, 2.75) is 63.5 Å². The number of carbonyl (C=O) groups excluding carboxylic acids is 2. The summed E-state index contributed by atoms with van der Waals surface area (Å²) in [5.74, 6) is -0.439. The van der Waals surface area contributed by atoms with Gasteiger partial charge in [0.05, 0.1) is 32.3 Å². The molecule has 0 aromatic heterocycles. The summed E-state index contributed by atoms with van der Waals surface area (Å²) in [6, 6.07) is 12.2. The Morgan fingerprint density at radius 3 is 2.46 bits per heavy atom. The van der Waals surface area contributed by atoms with Crippen LogP contribution in [0.25, 0.3) is 0 Å². The van der Waals surface area contributed by atoms with E-state index in [2.05, 4.69) is 0 Å². The molecule has 1 amide bonds. The largest absolute Gasteiger partial charge is 0.496 e. The minimum atomic E-state index is -0.569. The fourth-order valence-corrected chi connectivity index (χ4v) is 6.13. The quantitative estimate of drug-likeness (QED) is 0.528. The Morgan fingerprint density at radius 2 is 1.86 bits per heavy atom. The van der Waals surface area contributed by atoms with Crippen LogP contribution in [0.1, 0.15) is 63.0 Å². The molecule has 1 aliphatic carbocycles. The SMILES string of the molecule is COC(=O)[C@H]1CC[C@@]2(C[C@@H](c3cc(N(C(C)=O)C(C)C)ccc3OC)CO2)[C@@H]1c1ccc(F)cc1. The summed E-state index contributed by atoms with van der Waals surface area (Å²) >= 11 is 0. The van der Waals surface area contributed by atoms with Gasteiger partial charge in [-0.25, -0.2) is 4.39 Å². The van der Waals surface area contributed by atoms with Gasteiger partial charge >= 0.3 is 5.97 Å². The van der Waals surface area contributed by atoms with Gasteiger partial charge in [-0.2, -0.15) is 0 Å². The molecule has 188 valence electrons. The summed E-state index contributed by atoms with van der Waals surface area (Å²) in [5.41, 5.74) is 2.11. The van der Waals surface area contributed by atoms with Gasteiger partial charge in [0.2, 0.25) is 5.91 Å². The summed E-state index contributed by atoms with van der Waals surface area (Å²) < 4.78 is 31.0. The van der Waals surface area contributed by atoms with Crippen LogP contribution in [0.3, 0.4) is 0 Å². The summed E-state index contributed by atoms with van der Waals surface area (Å²) in [6.07, 6.45) is 2.03. The van der Waals surface area contributed by atoms with E-state index in [1.54, 1.807) is 31.1 Å². The number of esters is 1. The average molecular weight is 484 g/mol. The van der Waals surface area contributed by atoms with Gasteiger partial charge in [0.25, 0.3) is 0 Å². The molecule has 2 aromatic carbocycles. The molecule has 0 N–H and O–H groups in total. The number of amides is 1. The van der Waals surface area contributed by atoms with Crippen molar-refractivity contribution in [1.82, 2.24) is 0 Å². The van der Waals surface area contributed by atoms with Crippen molar-refractivity contribution in [3.63, 3.8) is 0 Å². The molecule has 4 atom stereocenters. The number of halogens is 1. The molecule has 1 aliphatic heterocycles. The number of hydrogen-bond donors (Lipinski definition) is 0. The molecule has 0 radical (unpaired) electrons. The number of carbonyl (C=O) groups is 2. The Labute approximate surface area is 206 Å². The summed E-state index contributed by atoms with van der Waals surface area (Å²) in [5, 5.41) is 0. The van der Waals surface area contributed by atoms with Crippen molar-refractivity contribution < 1.29 is 28.2 Å². The fourth-order valence-electron chi connectivity index (χ4n) is 6.13. The van der Waals surface area contributed by atoms with Crippen molar-refractivity contribution in [2.24, 2.45) is 5.92 Å². The number of hydrogen-bond acceptors (Lipinski definition) is 5. The molecule has 0 bridgehead atoms. The van der Waals surface area contributed by atoms with E-state index in [1.807, 2.05) is 32.0 Å². The highest BCUT2D eigenvalue weighted by molar-refractivity contribution is 5.92. The van der Waals surface area contributed by atoms with E-state index in [-0.39, 0.29) is 41.5 Å². The van der Waals surface area contributed by atoms with E-state index in [0.29, 0.717) is 25.9 Å². The molecule has 1 saturated carbocycles. The maximum atomic E-state index is 13.7. The minimum absolute atomic E-state index is 0.0124. The van der Waals surface area contributed by atoms with Gasteiger partial charge in [0.15, 0.2) is 0 Å². The number of nitrogens with zero attached hydrogens (tertiary/aromatic N) is 1. The molecule has 2 aliphatic rings. The van der Waals surface area contributed by atoms with E-state index in [1.165, 1.54) is 19.2 Å². The highest BCUT2D eigenvalue weighted by Crippen LogP contribution is 2.57. The van der Waals surface area contributed by atoms with Crippen LogP contribution in [0, 0.1) is 11.7 Å². The molecule has 1 saturated heterocycles. The first-order valence-electron chi connectivity index (χ1n) is 12.2. The van der Waals surface area contributed by atoms with E-state index in [0.717, 1.165) is 22.6 Å². The summed E-state index contributed by atoms with van der Waals surface area (Å²) in [4.78, 5) is 26.8. The van der Waals surface area contributed by atoms with Crippen molar-refractivity contribution in [2.75, 3.05) is 25.7 Å². The molecule has 0 unspecified atom stereocenters. The molecule has 1 spiro atoms. The third kappa shape index (κ3) is 4.66. The number of anilines is 1. The molecule has 6 nitrogen and oxygen atoms in total. The van der Waals surface area contributed by atoms with Gasteiger partial charge in [-0.05, 0) is 69.0 Å². The predicted octanol–water partition coefficient (Wildman–Crippen LogP) is 5.21. The third-order valence-electron chi connectivity index (χ3n) is 7.53. The van der Waals surface area contributed by atoms with Gasteiger partial charge in [-0.15, -0.1) is 0 Å². The summed E-state index contributed by atoms with van der Waals surface area (Å²) in [6.45, 7) is 6.00. The molecular formula is C28H34FNO5. The second-order valence-corrected chi connectivity index (χ2v) is 9.88. The monoisotopic (exact) mass is 483 g/mol. The Balaban J connectivity index is 1.71. The first-order chi connectivity index (χ1) is 16.7. The fraction of sp³-hybridized carbons (Fsp3) is 0.500. The zero-order valence-corrected chi connectivity index (χ0v) is 21.0. The van der Waals surface area contributed by atoms with Crippen LogP contribution in [0.5, 0.6) is 5.75 Å². The Kier molecular flexibility index (Phi) is 7.17. The Bertz CT molecular complexity index is 1090. The zero-order chi connectivity index (χ0) is 25.3. The van der Waals surface area contributed by atoms with Crippen molar-refractivity contribution >= 4 is 17.6 Å². The smallest absolute Gasteiger partial charge is 0.309 e. The second-order valence-electron chi connectivity index (χ2n) is 9.88. The van der Waals surface area contributed by atoms with Crippen LogP contribution < -0.4 is 9.64 Å². The summed E-state index contributed by atoms with van der Waals surface area (Å²) in [7, 11) is 3.04. The van der Waals surface area contributed by atoms with Crippen molar-refractivity contribution in [3.05, 3.63) is 59.4 Å². The zero-order valence-electron chi connectivity index (χ0n) is 21.0. The van der Waals surface area contributed by atoms with Gasteiger partial charge in [-0.3, -0.25) is 9.59 Å². The lowest BCUT2D eigenvalue weighted by Crippen LogP contribution is -2.35. The number of rotatable bonds is 6. The Hall–Kier alpha value is -2.93. The second kappa shape index (κ2) is 9.97. The molecule has 1 heterocycles. The minimum Gasteiger partial charge on any atom is -0.496 e. The molecular weight excluding hydrogens is 449 g/mol. The van der Waals surface area contributed by atoms with Crippen LogP contribution >= 0.6 is 0 Å². The lowest BCUT2D eigenvalue weighted by molar-refractivity contribution is -0.146. The molecule has 2 fully saturated rings. The van der Waals surface area contributed by atoms with Gasteiger partial charge < -0.3 is 19.1 Å². The molecule has 35 heavy (non-hydrogen) atoms. The number of benzene rings is 2. The highest BCUT2D eigenvalue weighted by Gasteiger charge is 2.56. The van der Waals surface area contributed by atoms with Gasteiger partial charge in [0.1, 0.15) is 11.6 Å². The lowest BCUT2D eigenvalue weighted by atomic mass is 9.76. The number of ether oxygens (including phenoxy) is 3. The van der Waals surface area contributed by atoms with Crippen molar-refractivity contribution in [3.8, 4) is 5.75 Å². The van der Waals surface area contributed by atoms with Gasteiger partial charge in [0, 0.05) is 36.1 Å². The van der Waals surface area contributed by atoms with Crippen LogP contribution in [0.2, 0.25) is 0 Å². The van der Waals surface area contributed by atoms with Crippen molar-refractivity contribution in [1.29, 1.82) is 0 Å². The molecule has 2 aromatic rings. The lowest BCUT2D eigenvalue weighted by Gasteiger charge is -2.33. The van der Waals surface area contributed by atoms with E-state index < -0.39 is 5.60 Å². The number of methoxy groups -OCH3 is 2. The molecule has 4 rings (SSSR count). The first-order valence-corrected chi connectivity index (χ1v) is 12.2.